The minimum Gasteiger partial charge on any atom is -0.481 e. The van der Waals surface area contributed by atoms with Gasteiger partial charge in [-0.15, -0.1) is 0 Å². The van der Waals surface area contributed by atoms with Gasteiger partial charge in [-0.2, -0.15) is 4.39 Å². The van der Waals surface area contributed by atoms with Crippen LogP contribution in [0.25, 0.3) is 0 Å². The van der Waals surface area contributed by atoms with E-state index < -0.39 is 35.0 Å². The molecular formula is C11H15FO4. The number of esters is 1. The van der Waals surface area contributed by atoms with Crippen LogP contribution in [0.15, 0.2) is 11.9 Å². The van der Waals surface area contributed by atoms with Gasteiger partial charge in [-0.3, -0.25) is 4.79 Å². The molecule has 0 aliphatic heterocycles. The van der Waals surface area contributed by atoms with Gasteiger partial charge in [0, 0.05) is 0 Å². The lowest BCUT2D eigenvalue weighted by Crippen LogP contribution is -2.05. The molecule has 0 bridgehead atoms. The fraction of sp³-hybridized carbons (Fsp3) is 0.636. The van der Waals surface area contributed by atoms with Crippen LogP contribution in [0.1, 0.15) is 20.8 Å². The molecule has 0 aromatic carbocycles. The molecule has 0 radical (unpaired) electrons. The number of halogens is 1. The van der Waals surface area contributed by atoms with E-state index in [0.717, 1.165) is 6.08 Å². The Kier molecular flexibility index (Phi) is 3.35. The predicted molar refractivity (Wildman–Crippen MR) is 54.2 cm³/mol. The molecule has 2 atom stereocenters. The van der Waals surface area contributed by atoms with Crippen molar-refractivity contribution in [2.24, 2.45) is 17.3 Å². The molecule has 1 saturated carbocycles. The van der Waals surface area contributed by atoms with Crippen molar-refractivity contribution in [3.05, 3.63) is 11.9 Å². The zero-order valence-electron chi connectivity index (χ0n) is 9.49. The highest BCUT2D eigenvalue weighted by atomic mass is 19.1. The van der Waals surface area contributed by atoms with E-state index in [2.05, 4.69) is 4.74 Å². The van der Waals surface area contributed by atoms with Crippen molar-refractivity contribution in [3.63, 3.8) is 0 Å². The number of carboxylic acid groups (broad SMARTS) is 1. The molecular weight excluding hydrogens is 215 g/mol. The van der Waals surface area contributed by atoms with Crippen LogP contribution < -0.4 is 0 Å². The Balaban J connectivity index is 2.72. The second-order valence-electron chi connectivity index (χ2n) is 4.40. The number of ether oxygens (including phenoxy) is 1. The van der Waals surface area contributed by atoms with Crippen molar-refractivity contribution >= 4 is 11.9 Å². The summed E-state index contributed by atoms with van der Waals surface area (Å²) in [5.74, 6) is -4.09. The van der Waals surface area contributed by atoms with Gasteiger partial charge >= 0.3 is 11.9 Å². The second-order valence-corrected chi connectivity index (χ2v) is 4.40. The Labute approximate surface area is 93.1 Å². The Morgan fingerprint density at radius 3 is 2.44 bits per heavy atom. The first-order valence-electron chi connectivity index (χ1n) is 5.09. The third-order valence-electron chi connectivity index (χ3n) is 2.97. The zero-order valence-corrected chi connectivity index (χ0v) is 9.49. The van der Waals surface area contributed by atoms with Gasteiger partial charge in [-0.25, -0.2) is 4.79 Å². The van der Waals surface area contributed by atoms with E-state index in [1.54, 1.807) is 20.8 Å². The number of allylic oxidation sites excluding steroid dienone is 1. The van der Waals surface area contributed by atoms with Crippen molar-refractivity contribution in [3.8, 4) is 0 Å². The summed E-state index contributed by atoms with van der Waals surface area (Å²) in [4.78, 5) is 21.8. The summed E-state index contributed by atoms with van der Waals surface area (Å²) >= 11 is 0. The van der Waals surface area contributed by atoms with E-state index in [0.29, 0.717) is 0 Å². The van der Waals surface area contributed by atoms with Crippen LogP contribution in [0.4, 0.5) is 4.39 Å². The van der Waals surface area contributed by atoms with Crippen molar-refractivity contribution < 1.29 is 23.8 Å². The molecule has 0 heterocycles. The van der Waals surface area contributed by atoms with E-state index in [4.69, 9.17) is 5.11 Å². The molecule has 0 unspecified atom stereocenters. The van der Waals surface area contributed by atoms with E-state index in [9.17, 15) is 14.0 Å². The maximum atomic E-state index is 13.2. The summed E-state index contributed by atoms with van der Waals surface area (Å²) in [5, 5.41) is 8.85. The Morgan fingerprint density at radius 1 is 1.50 bits per heavy atom. The van der Waals surface area contributed by atoms with Crippen LogP contribution in [0.3, 0.4) is 0 Å². The van der Waals surface area contributed by atoms with Gasteiger partial charge in [0.15, 0.2) is 0 Å². The molecule has 1 aliphatic rings. The minimum atomic E-state index is -1.03. The third-order valence-corrected chi connectivity index (χ3v) is 2.97. The molecule has 90 valence electrons. The van der Waals surface area contributed by atoms with Crippen LogP contribution in [0.5, 0.6) is 0 Å². The average molecular weight is 230 g/mol. The molecule has 1 fully saturated rings. The lowest BCUT2D eigenvalue weighted by Gasteiger charge is -1.99. The standard InChI is InChI=1S/C11H15FO4/c1-4-16-10(15)7(12)5-6-8(9(13)14)11(6,2)3/h5-6,8H,4H2,1-3H3,(H,13,14)/t6-,8-/m1/s1. The molecule has 16 heavy (non-hydrogen) atoms. The van der Waals surface area contributed by atoms with E-state index >= 15 is 0 Å². The van der Waals surface area contributed by atoms with E-state index in [1.807, 2.05) is 0 Å². The van der Waals surface area contributed by atoms with Gasteiger partial charge in [0.05, 0.1) is 12.5 Å². The molecule has 0 aromatic heterocycles. The average Bonchev–Trinajstić information content (AvgIpc) is 2.68. The number of aliphatic carboxylic acids is 1. The van der Waals surface area contributed by atoms with E-state index in [-0.39, 0.29) is 6.61 Å². The summed E-state index contributed by atoms with van der Waals surface area (Å²) in [6.45, 7) is 5.12. The smallest absolute Gasteiger partial charge is 0.366 e. The molecule has 1 aliphatic carbocycles. The summed E-state index contributed by atoms with van der Waals surface area (Å²) in [7, 11) is 0. The summed E-state index contributed by atoms with van der Waals surface area (Å²) in [6.07, 6.45) is 1.05. The number of hydrogen-bond acceptors (Lipinski definition) is 3. The van der Waals surface area contributed by atoms with Crippen LogP contribution in [-0.4, -0.2) is 23.7 Å². The van der Waals surface area contributed by atoms with Gasteiger partial charge in [0.1, 0.15) is 0 Å². The highest BCUT2D eigenvalue weighted by Crippen LogP contribution is 2.59. The molecule has 5 heteroatoms. The Morgan fingerprint density at radius 2 is 2.06 bits per heavy atom. The monoisotopic (exact) mass is 230 g/mol. The van der Waals surface area contributed by atoms with Crippen LogP contribution >= 0.6 is 0 Å². The minimum absolute atomic E-state index is 0.0938. The SMILES string of the molecule is CCOC(=O)C(F)=C[C@@H]1[C@H](C(=O)O)C1(C)C. The van der Waals surface area contributed by atoms with Crippen LogP contribution in [0, 0.1) is 17.3 Å². The lowest BCUT2D eigenvalue weighted by molar-refractivity contribution is -0.141. The fourth-order valence-electron chi connectivity index (χ4n) is 1.89. The van der Waals surface area contributed by atoms with E-state index in [1.165, 1.54) is 0 Å². The van der Waals surface area contributed by atoms with Crippen LogP contribution in [-0.2, 0) is 14.3 Å². The quantitative estimate of drug-likeness (QED) is 0.590. The topological polar surface area (TPSA) is 63.6 Å². The maximum absolute atomic E-state index is 13.2. The number of carbonyl (C=O) groups is 2. The lowest BCUT2D eigenvalue weighted by atomic mass is 10.1. The molecule has 0 spiro atoms. The number of carbonyl (C=O) groups excluding carboxylic acids is 1. The third kappa shape index (κ3) is 2.23. The largest absolute Gasteiger partial charge is 0.481 e. The first kappa shape index (κ1) is 12.7. The highest BCUT2D eigenvalue weighted by molar-refractivity contribution is 5.86. The van der Waals surface area contributed by atoms with Gasteiger partial charge in [-0.1, -0.05) is 13.8 Å². The van der Waals surface area contributed by atoms with Crippen molar-refractivity contribution in [1.82, 2.24) is 0 Å². The van der Waals surface area contributed by atoms with Gasteiger partial charge in [0.25, 0.3) is 0 Å². The first-order chi connectivity index (χ1) is 7.32. The first-order valence-corrected chi connectivity index (χ1v) is 5.09. The summed E-state index contributed by atoms with van der Waals surface area (Å²) in [6, 6.07) is 0. The van der Waals surface area contributed by atoms with Gasteiger partial charge < -0.3 is 9.84 Å². The Bertz CT molecular complexity index is 346. The molecule has 0 amide bonds. The Hall–Kier alpha value is -1.39. The van der Waals surface area contributed by atoms with Crippen molar-refractivity contribution in [1.29, 1.82) is 0 Å². The van der Waals surface area contributed by atoms with Crippen molar-refractivity contribution in [2.45, 2.75) is 20.8 Å². The summed E-state index contributed by atoms with van der Waals surface area (Å²) in [5.41, 5.74) is -0.504. The highest BCUT2D eigenvalue weighted by Gasteiger charge is 2.61. The number of rotatable bonds is 4. The number of hydrogen-bond donors (Lipinski definition) is 1. The second kappa shape index (κ2) is 4.23. The fourth-order valence-corrected chi connectivity index (χ4v) is 1.89. The van der Waals surface area contributed by atoms with Gasteiger partial charge in [-0.05, 0) is 24.3 Å². The summed E-state index contributed by atoms with van der Waals surface area (Å²) < 4.78 is 17.7. The van der Waals surface area contributed by atoms with Gasteiger partial charge in [0.2, 0.25) is 5.83 Å². The predicted octanol–water partition coefficient (Wildman–Crippen LogP) is 1.76. The molecule has 4 nitrogen and oxygen atoms in total. The molecule has 0 saturated heterocycles. The number of carboxylic acids is 1. The van der Waals surface area contributed by atoms with Crippen molar-refractivity contribution in [2.75, 3.05) is 6.61 Å². The van der Waals surface area contributed by atoms with Crippen LogP contribution in [0.2, 0.25) is 0 Å². The zero-order chi connectivity index (χ0) is 12.5. The molecule has 1 N–H and O–H groups in total. The molecule has 1 rings (SSSR count). The maximum Gasteiger partial charge on any atom is 0.366 e. The normalized spacial score (nSPS) is 27.4. The molecule has 0 aromatic rings.